The van der Waals surface area contributed by atoms with Crippen LogP contribution >= 0.6 is 11.6 Å². The molecule has 5 nitrogen and oxygen atoms in total. The number of hydrogen-bond donors (Lipinski definition) is 1. The lowest BCUT2D eigenvalue weighted by molar-refractivity contribution is -0.139. The standard InChI is InChI=1S/C20H20ClNO4/c1-13(17-7-2-3-8-18(17)21)22(15-9-10-15)20(25)14-5-4-6-16(11-14)26-12-19(23)24/h2-8,11,13,15H,9-10,12H2,1H3,(H,23,24). The highest BCUT2D eigenvalue weighted by atomic mass is 35.5. The van der Waals surface area contributed by atoms with Crippen molar-refractivity contribution in [2.75, 3.05) is 6.61 Å². The molecule has 1 N–H and O–H groups in total. The van der Waals surface area contributed by atoms with E-state index in [9.17, 15) is 9.59 Å². The summed E-state index contributed by atoms with van der Waals surface area (Å²) in [6, 6.07) is 14.2. The van der Waals surface area contributed by atoms with Gasteiger partial charge in [-0.3, -0.25) is 4.79 Å². The summed E-state index contributed by atoms with van der Waals surface area (Å²) < 4.78 is 5.19. The Labute approximate surface area is 157 Å². The molecule has 0 radical (unpaired) electrons. The molecule has 0 bridgehead atoms. The van der Waals surface area contributed by atoms with Crippen molar-refractivity contribution in [2.24, 2.45) is 0 Å². The molecule has 2 aromatic rings. The molecule has 1 unspecified atom stereocenters. The molecule has 0 saturated heterocycles. The Balaban J connectivity index is 1.85. The van der Waals surface area contributed by atoms with Gasteiger partial charge in [0.1, 0.15) is 5.75 Å². The third-order valence-electron chi connectivity index (χ3n) is 4.39. The summed E-state index contributed by atoms with van der Waals surface area (Å²) in [6.45, 7) is 1.53. The van der Waals surface area contributed by atoms with Crippen molar-refractivity contribution in [1.29, 1.82) is 0 Å². The molecule has 0 aromatic heterocycles. The minimum atomic E-state index is -1.06. The quantitative estimate of drug-likeness (QED) is 0.791. The fourth-order valence-electron chi connectivity index (χ4n) is 2.99. The van der Waals surface area contributed by atoms with Crippen LogP contribution in [0.1, 0.15) is 41.7 Å². The fourth-order valence-corrected chi connectivity index (χ4v) is 3.28. The van der Waals surface area contributed by atoms with Gasteiger partial charge in [0.25, 0.3) is 5.91 Å². The molecule has 0 heterocycles. The van der Waals surface area contributed by atoms with E-state index in [1.54, 1.807) is 24.3 Å². The van der Waals surface area contributed by atoms with Crippen molar-refractivity contribution in [2.45, 2.75) is 31.8 Å². The van der Waals surface area contributed by atoms with E-state index in [-0.39, 0.29) is 18.0 Å². The van der Waals surface area contributed by atoms with Gasteiger partial charge in [0.15, 0.2) is 6.61 Å². The third-order valence-corrected chi connectivity index (χ3v) is 4.73. The second-order valence-corrected chi connectivity index (χ2v) is 6.76. The van der Waals surface area contributed by atoms with E-state index in [1.807, 2.05) is 36.1 Å². The number of carbonyl (C=O) groups excluding carboxylic acids is 1. The Morgan fingerprint density at radius 2 is 1.96 bits per heavy atom. The molecule has 1 aliphatic rings. The Kier molecular flexibility index (Phi) is 5.47. The van der Waals surface area contributed by atoms with Crippen LogP contribution in [0, 0.1) is 0 Å². The summed E-state index contributed by atoms with van der Waals surface area (Å²) in [5.74, 6) is -0.811. The predicted octanol–water partition coefficient (Wildman–Crippen LogP) is 4.17. The van der Waals surface area contributed by atoms with E-state index in [2.05, 4.69) is 0 Å². The van der Waals surface area contributed by atoms with Crippen molar-refractivity contribution in [1.82, 2.24) is 4.90 Å². The van der Waals surface area contributed by atoms with Gasteiger partial charge in [0, 0.05) is 16.6 Å². The number of rotatable bonds is 7. The molecular weight excluding hydrogens is 354 g/mol. The van der Waals surface area contributed by atoms with E-state index >= 15 is 0 Å². The van der Waals surface area contributed by atoms with E-state index in [4.69, 9.17) is 21.4 Å². The van der Waals surface area contributed by atoms with Gasteiger partial charge in [-0.15, -0.1) is 0 Å². The molecule has 3 rings (SSSR count). The molecule has 26 heavy (non-hydrogen) atoms. The largest absolute Gasteiger partial charge is 0.482 e. The first-order chi connectivity index (χ1) is 12.5. The first-order valence-electron chi connectivity index (χ1n) is 8.49. The highest BCUT2D eigenvalue weighted by Crippen LogP contribution is 2.37. The molecule has 136 valence electrons. The molecular formula is C20H20ClNO4. The number of carbonyl (C=O) groups is 2. The first-order valence-corrected chi connectivity index (χ1v) is 8.87. The first kappa shape index (κ1) is 18.3. The third kappa shape index (κ3) is 4.17. The number of carboxylic acid groups (broad SMARTS) is 1. The number of aliphatic carboxylic acids is 1. The molecule has 0 aliphatic heterocycles. The van der Waals surface area contributed by atoms with E-state index in [0.29, 0.717) is 16.3 Å². The van der Waals surface area contributed by atoms with Crippen LogP contribution in [0.3, 0.4) is 0 Å². The minimum Gasteiger partial charge on any atom is -0.482 e. The zero-order valence-corrected chi connectivity index (χ0v) is 15.1. The summed E-state index contributed by atoms with van der Waals surface area (Å²) in [6.07, 6.45) is 1.94. The number of benzene rings is 2. The molecule has 2 aromatic carbocycles. The number of halogens is 1. The SMILES string of the molecule is CC(c1ccccc1Cl)N(C(=O)c1cccc(OCC(=O)O)c1)C1CC1. The van der Waals surface area contributed by atoms with Crippen LogP contribution in [-0.4, -0.2) is 34.5 Å². The number of nitrogens with zero attached hydrogens (tertiary/aromatic N) is 1. The average molecular weight is 374 g/mol. The smallest absolute Gasteiger partial charge is 0.341 e. The molecule has 1 fully saturated rings. The van der Waals surface area contributed by atoms with Gasteiger partial charge in [-0.05, 0) is 49.6 Å². The average Bonchev–Trinajstić information content (AvgIpc) is 3.45. The van der Waals surface area contributed by atoms with Gasteiger partial charge < -0.3 is 14.7 Å². The van der Waals surface area contributed by atoms with Gasteiger partial charge in [-0.2, -0.15) is 0 Å². The van der Waals surface area contributed by atoms with Crippen LogP contribution in [0.5, 0.6) is 5.75 Å². The van der Waals surface area contributed by atoms with Gasteiger partial charge in [-0.1, -0.05) is 35.9 Å². The van der Waals surface area contributed by atoms with Crippen molar-refractivity contribution in [3.63, 3.8) is 0 Å². The maximum atomic E-state index is 13.2. The van der Waals surface area contributed by atoms with Gasteiger partial charge in [0.2, 0.25) is 0 Å². The maximum Gasteiger partial charge on any atom is 0.341 e. The molecule has 1 aliphatic carbocycles. The minimum absolute atomic E-state index is 0.110. The number of hydrogen-bond acceptors (Lipinski definition) is 3. The molecule has 6 heteroatoms. The van der Waals surface area contributed by atoms with Crippen LogP contribution in [0.15, 0.2) is 48.5 Å². The van der Waals surface area contributed by atoms with Crippen molar-refractivity contribution < 1.29 is 19.4 Å². The number of ether oxygens (including phenoxy) is 1. The zero-order valence-electron chi connectivity index (χ0n) is 14.4. The van der Waals surface area contributed by atoms with E-state index in [0.717, 1.165) is 18.4 Å². The Bertz CT molecular complexity index is 819. The Morgan fingerprint density at radius 1 is 1.23 bits per heavy atom. The topological polar surface area (TPSA) is 66.8 Å². The van der Waals surface area contributed by atoms with Crippen molar-refractivity contribution in [3.05, 3.63) is 64.7 Å². The highest BCUT2D eigenvalue weighted by Gasteiger charge is 2.37. The summed E-state index contributed by atoms with van der Waals surface area (Å²) in [7, 11) is 0. The summed E-state index contributed by atoms with van der Waals surface area (Å²) in [5, 5.41) is 9.37. The monoisotopic (exact) mass is 373 g/mol. The summed E-state index contributed by atoms with van der Waals surface area (Å²) >= 11 is 6.32. The van der Waals surface area contributed by atoms with Crippen LogP contribution in [0.2, 0.25) is 5.02 Å². The van der Waals surface area contributed by atoms with Gasteiger partial charge in [0.05, 0.1) is 6.04 Å². The van der Waals surface area contributed by atoms with Crippen LogP contribution in [0.4, 0.5) is 0 Å². The number of amides is 1. The Morgan fingerprint density at radius 3 is 2.62 bits per heavy atom. The van der Waals surface area contributed by atoms with Crippen molar-refractivity contribution in [3.8, 4) is 5.75 Å². The fraction of sp³-hybridized carbons (Fsp3) is 0.300. The summed E-state index contributed by atoms with van der Waals surface area (Å²) in [4.78, 5) is 25.7. The predicted molar refractivity (Wildman–Crippen MR) is 98.6 cm³/mol. The molecule has 1 atom stereocenters. The highest BCUT2D eigenvalue weighted by molar-refractivity contribution is 6.31. The molecule has 0 spiro atoms. The summed E-state index contributed by atoms with van der Waals surface area (Å²) in [5.41, 5.74) is 1.38. The maximum absolute atomic E-state index is 13.2. The van der Waals surface area contributed by atoms with Crippen LogP contribution < -0.4 is 4.74 Å². The van der Waals surface area contributed by atoms with Gasteiger partial charge in [-0.25, -0.2) is 4.79 Å². The second-order valence-electron chi connectivity index (χ2n) is 6.35. The van der Waals surface area contributed by atoms with E-state index in [1.165, 1.54) is 0 Å². The van der Waals surface area contributed by atoms with Crippen molar-refractivity contribution >= 4 is 23.5 Å². The molecule has 1 saturated carbocycles. The van der Waals surface area contributed by atoms with Crippen LogP contribution in [-0.2, 0) is 4.79 Å². The lowest BCUT2D eigenvalue weighted by Gasteiger charge is -2.30. The van der Waals surface area contributed by atoms with E-state index < -0.39 is 12.6 Å². The lowest BCUT2D eigenvalue weighted by atomic mass is 10.0. The van der Waals surface area contributed by atoms with Crippen LogP contribution in [0.25, 0.3) is 0 Å². The zero-order chi connectivity index (χ0) is 18.7. The Hall–Kier alpha value is -2.53. The van der Waals surface area contributed by atoms with Gasteiger partial charge >= 0.3 is 5.97 Å². The molecule has 1 amide bonds. The normalized spacial score (nSPS) is 14.5. The lowest BCUT2D eigenvalue weighted by Crippen LogP contribution is -2.35. The number of carboxylic acids is 1. The second kappa shape index (κ2) is 7.79.